The first kappa shape index (κ1) is 12.6. The number of ether oxygens (including phenoxy) is 1. The van der Waals surface area contributed by atoms with Crippen molar-refractivity contribution in [3.05, 3.63) is 30.9 Å². The molecule has 0 heterocycles. The molecule has 0 saturated carbocycles. The summed E-state index contributed by atoms with van der Waals surface area (Å²) in [6.07, 6.45) is 1.12. The van der Waals surface area contributed by atoms with Crippen molar-refractivity contribution in [3.8, 4) is 5.75 Å². The molecule has 6 heteroatoms. The van der Waals surface area contributed by atoms with Gasteiger partial charge in [-0.15, -0.1) is 0 Å². The molecule has 0 spiro atoms. The number of carbonyl (C=O) groups is 2. The molecule has 0 aliphatic carbocycles. The van der Waals surface area contributed by atoms with Crippen LogP contribution in [0.5, 0.6) is 5.75 Å². The van der Waals surface area contributed by atoms with Gasteiger partial charge in [0.25, 0.3) is 5.91 Å². The Labute approximate surface area is 98.2 Å². The van der Waals surface area contributed by atoms with E-state index in [1.54, 1.807) is 12.1 Å². The molecule has 0 aliphatic heterocycles. The summed E-state index contributed by atoms with van der Waals surface area (Å²) in [7, 11) is 0. The van der Waals surface area contributed by atoms with Crippen molar-refractivity contribution in [2.75, 3.05) is 17.7 Å². The Balaban J connectivity index is 2.82. The lowest BCUT2D eigenvalue weighted by Crippen LogP contribution is -2.20. The van der Waals surface area contributed by atoms with Crippen molar-refractivity contribution >= 4 is 23.2 Å². The highest BCUT2D eigenvalue weighted by molar-refractivity contribution is 6.01. The van der Waals surface area contributed by atoms with Crippen molar-refractivity contribution in [1.82, 2.24) is 0 Å². The summed E-state index contributed by atoms with van der Waals surface area (Å²) in [6, 6.07) is 4.62. The fourth-order valence-electron chi connectivity index (χ4n) is 1.07. The molecule has 0 aliphatic rings. The van der Waals surface area contributed by atoms with E-state index in [0.29, 0.717) is 17.1 Å². The van der Waals surface area contributed by atoms with Gasteiger partial charge in [0.15, 0.2) is 6.61 Å². The fraction of sp³-hybridized carbons (Fsp3) is 0.0909. The second kappa shape index (κ2) is 5.55. The van der Waals surface area contributed by atoms with Crippen LogP contribution in [0.25, 0.3) is 0 Å². The number of nitrogens with two attached hydrogens (primary N) is 2. The maximum Gasteiger partial charge on any atom is 0.255 e. The van der Waals surface area contributed by atoms with Gasteiger partial charge < -0.3 is 21.5 Å². The zero-order valence-corrected chi connectivity index (χ0v) is 9.10. The van der Waals surface area contributed by atoms with E-state index < -0.39 is 5.91 Å². The number of anilines is 2. The minimum Gasteiger partial charge on any atom is -0.484 e. The Morgan fingerprint density at radius 3 is 2.76 bits per heavy atom. The second-order valence-corrected chi connectivity index (χ2v) is 3.20. The van der Waals surface area contributed by atoms with E-state index in [1.807, 2.05) is 0 Å². The Hall–Kier alpha value is -2.50. The van der Waals surface area contributed by atoms with E-state index in [4.69, 9.17) is 16.2 Å². The van der Waals surface area contributed by atoms with Crippen molar-refractivity contribution in [3.63, 3.8) is 0 Å². The van der Waals surface area contributed by atoms with Crippen LogP contribution in [0.3, 0.4) is 0 Å². The van der Waals surface area contributed by atoms with Gasteiger partial charge in [0.05, 0.1) is 11.4 Å². The number of primary amides is 1. The average Bonchev–Trinajstić information content (AvgIpc) is 2.29. The normalized spacial score (nSPS) is 9.41. The molecule has 0 aromatic heterocycles. The maximum atomic E-state index is 11.1. The van der Waals surface area contributed by atoms with Crippen LogP contribution in [0, 0.1) is 0 Å². The Morgan fingerprint density at radius 2 is 2.18 bits per heavy atom. The number of hydrogen-bond donors (Lipinski definition) is 3. The predicted octanol–water partition coefficient (Wildman–Crippen LogP) is 0.257. The molecular formula is C11H13N3O3. The molecule has 0 bridgehead atoms. The van der Waals surface area contributed by atoms with Crippen LogP contribution in [0.1, 0.15) is 0 Å². The smallest absolute Gasteiger partial charge is 0.255 e. The number of carbonyl (C=O) groups excluding carboxylic acids is 2. The van der Waals surface area contributed by atoms with Crippen LogP contribution in [-0.2, 0) is 9.59 Å². The quantitative estimate of drug-likeness (QED) is 0.502. The maximum absolute atomic E-state index is 11.1. The molecule has 0 unspecified atom stereocenters. The summed E-state index contributed by atoms with van der Waals surface area (Å²) >= 11 is 0. The van der Waals surface area contributed by atoms with Gasteiger partial charge in [-0.05, 0) is 18.2 Å². The molecular weight excluding hydrogens is 222 g/mol. The zero-order chi connectivity index (χ0) is 12.8. The minimum absolute atomic E-state index is 0.237. The number of amides is 2. The van der Waals surface area contributed by atoms with Crippen LogP contribution >= 0.6 is 0 Å². The molecule has 0 fully saturated rings. The second-order valence-electron chi connectivity index (χ2n) is 3.20. The minimum atomic E-state index is -0.585. The highest BCUT2D eigenvalue weighted by Crippen LogP contribution is 2.24. The number of nitrogens with one attached hydrogen (secondary N) is 1. The molecule has 0 radical (unpaired) electrons. The van der Waals surface area contributed by atoms with Crippen LogP contribution in [-0.4, -0.2) is 18.4 Å². The van der Waals surface area contributed by atoms with Gasteiger partial charge in [-0.2, -0.15) is 0 Å². The highest BCUT2D eigenvalue weighted by atomic mass is 16.5. The average molecular weight is 235 g/mol. The van der Waals surface area contributed by atoms with Crippen molar-refractivity contribution in [1.29, 1.82) is 0 Å². The van der Waals surface area contributed by atoms with Crippen LogP contribution in [0.15, 0.2) is 30.9 Å². The van der Waals surface area contributed by atoms with Gasteiger partial charge in [0, 0.05) is 6.07 Å². The van der Waals surface area contributed by atoms with E-state index in [-0.39, 0.29) is 12.5 Å². The Kier molecular flexibility index (Phi) is 4.10. The molecule has 2 amide bonds. The third kappa shape index (κ3) is 3.86. The molecule has 1 aromatic carbocycles. The molecule has 1 rings (SSSR count). The summed E-state index contributed by atoms with van der Waals surface area (Å²) in [5, 5.41) is 2.51. The number of hydrogen-bond acceptors (Lipinski definition) is 4. The van der Waals surface area contributed by atoms with Crippen molar-refractivity contribution in [2.24, 2.45) is 5.73 Å². The lowest BCUT2D eigenvalue weighted by molar-refractivity contribution is -0.120. The van der Waals surface area contributed by atoms with Crippen LogP contribution < -0.4 is 21.5 Å². The van der Waals surface area contributed by atoms with Gasteiger partial charge >= 0.3 is 0 Å². The lowest BCUT2D eigenvalue weighted by atomic mass is 10.2. The molecule has 17 heavy (non-hydrogen) atoms. The van der Waals surface area contributed by atoms with Crippen molar-refractivity contribution in [2.45, 2.75) is 0 Å². The van der Waals surface area contributed by atoms with E-state index in [0.717, 1.165) is 6.08 Å². The molecule has 6 nitrogen and oxygen atoms in total. The topological polar surface area (TPSA) is 107 Å². The number of rotatable bonds is 5. The summed E-state index contributed by atoms with van der Waals surface area (Å²) in [4.78, 5) is 21.6. The first-order valence-electron chi connectivity index (χ1n) is 4.77. The van der Waals surface area contributed by atoms with Gasteiger partial charge in [-0.25, -0.2) is 0 Å². The summed E-state index contributed by atoms with van der Waals surface area (Å²) in [6.45, 7) is 3.09. The molecule has 1 aromatic rings. The summed E-state index contributed by atoms with van der Waals surface area (Å²) in [5.74, 6) is -0.584. The zero-order valence-electron chi connectivity index (χ0n) is 9.10. The predicted molar refractivity (Wildman–Crippen MR) is 64.4 cm³/mol. The number of benzene rings is 1. The third-order valence-electron chi connectivity index (χ3n) is 1.85. The first-order chi connectivity index (χ1) is 8.02. The Morgan fingerprint density at radius 1 is 1.47 bits per heavy atom. The van der Waals surface area contributed by atoms with E-state index >= 15 is 0 Å². The van der Waals surface area contributed by atoms with E-state index in [9.17, 15) is 9.59 Å². The van der Waals surface area contributed by atoms with Gasteiger partial charge in [0.2, 0.25) is 5.91 Å². The van der Waals surface area contributed by atoms with Crippen LogP contribution in [0.4, 0.5) is 11.4 Å². The van der Waals surface area contributed by atoms with Crippen molar-refractivity contribution < 1.29 is 14.3 Å². The first-order valence-corrected chi connectivity index (χ1v) is 4.77. The third-order valence-corrected chi connectivity index (χ3v) is 1.85. The van der Waals surface area contributed by atoms with Gasteiger partial charge in [0.1, 0.15) is 5.75 Å². The standard InChI is InChI=1S/C11H13N3O3/c1-2-11(16)14-9-5-7(3-4-8(9)12)17-6-10(13)15/h2-5H,1,6,12H2,(H2,13,15)(H,14,16). The Bertz CT molecular complexity index is 457. The highest BCUT2D eigenvalue weighted by Gasteiger charge is 2.05. The van der Waals surface area contributed by atoms with Gasteiger partial charge in [-0.1, -0.05) is 6.58 Å². The monoisotopic (exact) mass is 235 g/mol. The molecule has 0 saturated heterocycles. The van der Waals surface area contributed by atoms with E-state index in [2.05, 4.69) is 11.9 Å². The number of nitrogen functional groups attached to an aromatic ring is 1. The molecule has 0 atom stereocenters. The van der Waals surface area contributed by atoms with Gasteiger partial charge in [-0.3, -0.25) is 9.59 Å². The lowest BCUT2D eigenvalue weighted by Gasteiger charge is -2.09. The molecule has 5 N–H and O–H groups in total. The van der Waals surface area contributed by atoms with Crippen LogP contribution in [0.2, 0.25) is 0 Å². The van der Waals surface area contributed by atoms with E-state index in [1.165, 1.54) is 6.07 Å². The fourth-order valence-corrected chi connectivity index (χ4v) is 1.07. The summed E-state index contributed by atoms with van der Waals surface area (Å²) in [5.41, 5.74) is 11.4. The summed E-state index contributed by atoms with van der Waals surface area (Å²) < 4.78 is 5.07. The molecule has 90 valence electrons. The SMILES string of the molecule is C=CC(=O)Nc1cc(OCC(N)=O)ccc1N. The largest absolute Gasteiger partial charge is 0.484 e.